The number of H-pyrrole nitrogens is 1. The molecule has 1 fully saturated rings. The predicted octanol–water partition coefficient (Wildman–Crippen LogP) is 4.04. The third-order valence-electron chi connectivity index (χ3n) is 5.45. The summed E-state index contributed by atoms with van der Waals surface area (Å²) in [5, 5.41) is 4.18. The van der Waals surface area contributed by atoms with Crippen LogP contribution in [0.1, 0.15) is 25.7 Å². The fourth-order valence-corrected chi connectivity index (χ4v) is 6.13. The lowest BCUT2D eigenvalue weighted by molar-refractivity contribution is 0.261. The fraction of sp³-hybridized carbons (Fsp3) is 0.450. The average molecular weight is 501 g/mol. The maximum absolute atomic E-state index is 14.5. The Labute approximate surface area is 195 Å². The summed E-state index contributed by atoms with van der Waals surface area (Å²) in [7, 11) is -3.42. The SMILES string of the molecule is O=S(=O)(CCCCl)N1CCCCC1CNc1nc(-c2c[nH]c3ncc(Cl)cc23)ncc1F. The number of aromatic nitrogens is 4. The Morgan fingerprint density at radius 3 is 2.94 bits per heavy atom. The zero-order valence-electron chi connectivity index (χ0n) is 17.2. The van der Waals surface area contributed by atoms with E-state index in [1.165, 1.54) is 10.5 Å². The molecule has 0 aromatic carbocycles. The average Bonchev–Trinajstić information content (AvgIpc) is 3.20. The van der Waals surface area contributed by atoms with Gasteiger partial charge in [-0.1, -0.05) is 18.0 Å². The molecule has 3 aromatic rings. The largest absolute Gasteiger partial charge is 0.366 e. The number of hydrogen-bond donors (Lipinski definition) is 2. The van der Waals surface area contributed by atoms with Crippen LogP contribution in [-0.2, 0) is 10.0 Å². The third-order valence-corrected chi connectivity index (χ3v) is 7.93. The van der Waals surface area contributed by atoms with E-state index < -0.39 is 15.8 Å². The monoisotopic (exact) mass is 500 g/mol. The fourth-order valence-electron chi connectivity index (χ4n) is 3.90. The molecule has 2 N–H and O–H groups in total. The van der Waals surface area contributed by atoms with E-state index in [0.717, 1.165) is 24.4 Å². The maximum atomic E-state index is 14.5. The minimum Gasteiger partial charge on any atom is -0.366 e. The van der Waals surface area contributed by atoms with Crippen molar-refractivity contribution < 1.29 is 12.8 Å². The van der Waals surface area contributed by atoms with E-state index in [9.17, 15) is 12.8 Å². The van der Waals surface area contributed by atoms with E-state index in [1.807, 2.05) is 0 Å². The predicted molar refractivity (Wildman–Crippen MR) is 124 cm³/mol. The van der Waals surface area contributed by atoms with Crippen LogP contribution in [0.25, 0.3) is 22.4 Å². The van der Waals surface area contributed by atoms with Crippen LogP contribution in [0.5, 0.6) is 0 Å². The molecule has 1 aliphatic heterocycles. The van der Waals surface area contributed by atoms with Gasteiger partial charge in [-0.25, -0.2) is 27.8 Å². The van der Waals surface area contributed by atoms with Crippen molar-refractivity contribution >= 4 is 50.1 Å². The second-order valence-corrected chi connectivity index (χ2v) is 10.5. The van der Waals surface area contributed by atoms with Crippen molar-refractivity contribution in [3.63, 3.8) is 0 Å². The number of nitrogens with zero attached hydrogens (tertiary/aromatic N) is 4. The highest BCUT2D eigenvalue weighted by Gasteiger charge is 2.32. The topological polar surface area (TPSA) is 104 Å². The molecule has 4 rings (SSSR count). The molecule has 1 unspecified atom stereocenters. The number of rotatable bonds is 8. The highest BCUT2D eigenvalue weighted by molar-refractivity contribution is 7.89. The molecule has 12 heteroatoms. The number of aromatic amines is 1. The number of pyridine rings is 1. The van der Waals surface area contributed by atoms with Crippen molar-refractivity contribution in [3.8, 4) is 11.4 Å². The van der Waals surface area contributed by atoms with Crippen LogP contribution in [-0.4, -0.2) is 63.4 Å². The number of anilines is 1. The Morgan fingerprint density at radius 2 is 2.12 bits per heavy atom. The molecule has 1 aliphatic rings. The van der Waals surface area contributed by atoms with E-state index in [-0.39, 0.29) is 24.2 Å². The lowest BCUT2D eigenvalue weighted by Gasteiger charge is -2.34. The van der Waals surface area contributed by atoms with Gasteiger partial charge in [0.05, 0.1) is 17.0 Å². The second kappa shape index (κ2) is 9.86. The van der Waals surface area contributed by atoms with Gasteiger partial charge in [0.15, 0.2) is 17.5 Å². The molecule has 1 saturated heterocycles. The second-order valence-electron chi connectivity index (χ2n) is 7.64. The number of sulfonamides is 1. The lowest BCUT2D eigenvalue weighted by atomic mass is 10.1. The molecule has 32 heavy (non-hydrogen) atoms. The van der Waals surface area contributed by atoms with Crippen LogP contribution < -0.4 is 5.32 Å². The highest BCUT2D eigenvalue weighted by Crippen LogP contribution is 2.28. The van der Waals surface area contributed by atoms with Gasteiger partial charge in [0.1, 0.15) is 5.65 Å². The van der Waals surface area contributed by atoms with Crippen LogP contribution in [0.4, 0.5) is 10.2 Å². The van der Waals surface area contributed by atoms with Gasteiger partial charge in [0.25, 0.3) is 0 Å². The van der Waals surface area contributed by atoms with Crippen molar-refractivity contribution in [2.24, 2.45) is 0 Å². The molecule has 1 atom stereocenters. The van der Waals surface area contributed by atoms with Crippen molar-refractivity contribution in [3.05, 3.63) is 35.5 Å². The van der Waals surface area contributed by atoms with Gasteiger partial charge >= 0.3 is 0 Å². The van der Waals surface area contributed by atoms with Crippen molar-refractivity contribution in [1.29, 1.82) is 0 Å². The van der Waals surface area contributed by atoms with Gasteiger partial charge in [-0.05, 0) is 25.3 Å². The van der Waals surface area contributed by atoms with Gasteiger partial charge in [-0.2, -0.15) is 4.31 Å². The summed E-state index contributed by atoms with van der Waals surface area (Å²) in [4.78, 5) is 15.7. The van der Waals surface area contributed by atoms with Crippen LogP contribution in [0, 0.1) is 5.82 Å². The minimum atomic E-state index is -3.42. The first-order chi connectivity index (χ1) is 15.4. The summed E-state index contributed by atoms with van der Waals surface area (Å²) >= 11 is 11.7. The molecule has 0 aliphatic carbocycles. The van der Waals surface area contributed by atoms with Crippen LogP contribution in [0.2, 0.25) is 5.02 Å². The number of piperidine rings is 1. The number of alkyl halides is 1. The van der Waals surface area contributed by atoms with Crippen LogP contribution in [0.15, 0.2) is 24.7 Å². The maximum Gasteiger partial charge on any atom is 0.214 e. The molecule has 172 valence electrons. The van der Waals surface area contributed by atoms with Crippen molar-refractivity contribution in [1.82, 2.24) is 24.2 Å². The van der Waals surface area contributed by atoms with E-state index in [2.05, 4.69) is 25.3 Å². The quantitative estimate of drug-likeness (QED) is 0.452. The van der Waals surface area contributed by atoms with E-state index in [4.69, 9.17) is 23.2 Å². The molecule has 0 spiro atoms. The zero-order valence-corrected chi connectivity index (χ0v) is 19.5. The molecule has 4 heterocycles. The van der Waals surface area contributed by atoms with Crippen molar-refractivity contribution in [2.45, 2.75) is 31.7 Å². The number of fused-ring (bicyclic) bond motifs is 1. The van der Waals surface area contributed by atoms with E-state index in [1.54, 1.807) is 12.3 Å². The summed E-state index contributed by atoms with van der Waals surface area (Å²) < 4.78 is 41.4. The van der Waals surface area contributed by atoms with Crippen LogP contribution >= 0.6 is 23.2 Å². The first-order valence-corrected chi connectivity index (χ1v) is 12.9. The normalized spacial score (nSPS) is 17.7. The molecule has 3 aromatic heterocycles. The summed E-state index contributed by atoms with van der Waals surface area (Å²) in [6.07, 6.45) is 7.12. The Hall–Kier alpha value is -2.01. The summed E-state index contributed by atoms with van der Waals surface area (Å²) in [6, 6.07) is 1.46. The molecular weight excluding hydrogens is 478 g/mol. The molecule has 0 saturated carbocycles. The van der Waals surface area contributed by atoms with Crippen LogP contribution in [0.3, 0.4) is 0 Å². The lowest BCUT2D eigenvalue weighted by Crippen LogP contribution is -2.48. The van der Waals surface area contributed by atoms with E-state index >= 15 is 0 Å². The molecular formula is C20H23Cl2FN6O2S. The molecule has 0 bridgehead atoms. The summed E-state index contributed by atoms with van der Waals surface area (Å²) in [5.74, 6) is 0.00918. The number of nitrogens with one attached hydrogen (secondary N) is 2. The van der Waals surface area contributed by atoms with Crippen molar-refractivity contribution in [2.75, 3.05) is 30.0 Å². The van der Waals surface area contributed by atoms with Gasteiger partial charge in [-0.15, -0.1) is 11.6 Å². The Kier molecular flexibility index (Phi) is 7.14. The molecule has 8 nitrogen and oxygen atoms in total. The Bertz CT molecular complexity index is 1210. The first-order valence-electron chi connectivity index (χ1n) is 10.3. The number of hydrogen-bond acceptors (Lipinski definition) is 6. The first kappa shape index (κ1) is 23.2. The summed E-state index contributed by atoms with van der Waals surface area (Å²) in [5.41, 5.74) is 1.26. The highest BCUT2D eigenvalue weighted by atomic mass is 35.5. The van der Waals surface area contributed by atoms with Gasteiger partial charge in [-0.3, -0.25) is 0 Å². The van der Waals surface area contributed by atoms with E-state index in [0.29, 0.717) is 47.3 Å². The van der Waals surface area contributed by atoms with Gasteiger partial charge in [0.2, 0.25) is 10.0 Å². The third kappa shape index (κ3) is 4.98. The Morgan fingerprint density at radius 1 is 1.28 bits per heavy atom. The zero-order chi connectivity index (χ0) is 22.7. The summed E-state index contributed by atoms with van der Waals surface area (Å²) in [6.45, 7) is 0.701. The molecule has 0 amide bonds. The van der Waals surface area contributed by atoms with Gasteiger partial charge < -0.3 is 10.3 Å². The van der Waals surface area contributed by atoms with Gasteiger partial charge in [0, 0.05) is 48.4 Å². The number of halogens is 3. The standard InChI is InChI=1S/C20H23Cl2FN6O2S/c21-5-3-7-32(30,31)29-6-2-1-4-14(29)10-25-20-17(23)12-27-19(28-20)16-11-26-18-15(16)8-13(22)9-24-18/h8-9,11-12,14H,1-7,10H2,(H,24,26)(H,25,27,28). The Balaban J connectivity index is 1.55. The molecule has 0 radical (unpaired) electrons. The smallest absolute Gasteiger partial charge is 0.214 e. The minimum absolute atomic E-state index is 0.0101.